The highest BCUT2D eigenvalue weighted by Gasteiger charge is 2.28. The maximum atomic E-state index is 11.5. The van der Waals surface area contributed by atoms with Crippen molar-refractivity contribution in [2.45, 2.75) is 18.9 Å². The van der Waals surface area contributed by atoms with E-state index in [1.807, 2.05) is 0 Å². The molecule has 0 aromatic rings. The summed E-state index contributed by atoms with van der Waals surface area (Å²) in [5.74, 6) is -0.0133. The molecule has 1 aliphatic heterocycles. The van der Waals surface area contributed by atoms with E-state index in [1.54, 1.807) is 19.1 Å². The molecule has 0 aromatic carbocycles. The third kappa shape index (κ3) is 4.70. The summed E-state index contributed by atoms with van der Waals surface area (Å²) in [6, 6.07) is -0.204. The lowest BCUT2D eigenvalue weighted by Crippen LogP contribution is -2.43. The van der Waals surface area contributed by atoms with Crippen LogP contribution in [0, 0.1) is 0 Å². The summed E-state index contributed by atoms with van der Waals surface area (Å²) < 4.78 is 4.87. The van der Waals surface area contributed by atoms with Crippen LogP contribution in [0.4, 0.5) is 0 Å². The summed E-state index contributed by atoms with van der Waals surface area (Å²) in [4.78, 5) is 24.6. The van der Waals surface area contributed by atoms with Crippen molar-refractivity contribution in [1.82, 2.24) is 15.5 Å². The van der Waals surface area contributed by atoms with Gasteiger partial charge in [-0.2, -0.15) is 0 Å². The number of carbonyl (C=O) groups is 2. The molecule has 1 unspecified atom stereocenters. The molecular weight excluding hydrogens is 222 g/mol. The lowest BCUT2D eigenvalue weighted by molar-refractivity contribution is -0.128. The predicted molar refractivity (Wildman–Crippen MR) is 63.5 cm³/mol. The van der Waals surface area contributed by atoms with Crippen molar-refractivity contribution in [3.8, 4) is 0 Å². The Morgan fingerprint density at radius 2 is 2.35 bits per heavy atom. The van der Waals surface area contributed by atoms with Crippen LogP contribution in [0.1, 0.15) is 12.8 Å². The molecule has 0 radical (unpaired) electrons. The molecule has 6 nitrogen and oxygen atoms in total. The molecular formula is C11H21N3O3. The van der Waals surface area contributed by atoms with Gasteiger partial charge in [0.25, 0.3) is 0 Å². The Balaban J connectivity index is 2.09. The second kappa shape index (κ2) is 7.24. The Kier molecular flexibility index (Phi) is 5.93. The second-order valence-electron chi connectivity index (χ2n) is 4.18. The molecule has 98 valence electrons. The van der Waals surface area contributed by atoms with Crippen LogP contribution in [-0.4, -0.2) is 63.2 Å². The number of ether oxygens (including phenoxy) is 1. The van der Waals surface area contributed by atoms with Gasteiger partial charge in [0.1, 0.15) is 0 Å². The standard InChI is InChI=1S/C11H21N3O3/c1-14-6-4-9(11(14)16)13-8-10(15)12-5-3-7-17-2/h9,13H,3-8H2,1-2H3,(H,12,15). The van der Waals surface area contributed by atoms with Crippen LogP contribution in [0.15, 0.2) is 0 Å². The van der Waals surface area contributed by atoms with E-state index in [-0.39, 0.29) is 24.4 Å². The molecule has 1 rings (SSSR count). The van der Waals surface area contributed by atoms with Crippen LogP contribution >= 0.6 is 0 Å². The molecule has 1 aliphatic rings. The van der Waals surface area contributed by atoms with Crippen LogP contribution < -0.4 is 10.6 Å². The quantitative estimate of drug-likeness (QED) is 0.560. The van der Waals surface area contributed by atoms with Gasteiger partial charge in [0.05, 0.1) is 12.6 Å². The first-order valence-electron chi connectivity index (χ1n) is 5.89. The molecule has 0 bridgehead atoms. The van der Waals surface area contributed by atoms with Gasteiger partial charge < -0.3 is 15.0 Å². The van der Waals surface area contributed by atoms with E-state index >= 15 is 0 Å². The zero-order valence-electron chi connectivity index (χ0n) is 10.5. The minimum Gasteiger partial charge on any atom is -0.385 e. The van der Waals surface area contributed by atoms with Gasteiger partial charge in [0.2, 0.25) is 11.8 Å². The van der Waals surface area contributed by atoms with Crippen LogP contribution in [-0.2, 0) is 14.3 Å². The number of carbonyl (C=O) groups excluding carboxylic acids is 2. The molecule has 2 amide bonds. The number of methoxy groups -OCH3 is 1. The molecule has 17 heavy (non-hydrogen) atoms. The van der Waals surface area contributed by atoms with Gasteiger partial charge in [0.15, 0.2) is 0 Å². The molecule has 0 aromatic heterocycles. The summed E-state index contributed by atoms with van der Waals surface area (Å²) >= 11 is 0. The van der Waals surface area contributed by atoms with Gasteiger partial charge in [-0.05, 0) is 12.8 Å². The highest BCUT2D eigenvalue weighted by molar-refractivity contribution is 5.85. The topological polar surface area (TPSA) is 70.7 Å². The molecule has 2 N–H and O–H groups in total. The summed E-state index contributed by atoms with van der Waals surface area (Å²) in [5.41, 5.74) is 0. The average Bonchev–Trinajstić information content (AvgIpc) is 2.63. The Bertz CT molecular complexity index is 271. The van der Waals surface area contributed by atoms with Crippen molar-refractivity contribution in [3.63, 3.8) is 0 Å². The van der Waals surface area contributed by atoms with E-state index in [0.29, 0.717) is 13.2 Å². The normalized spacial score (nSPS) is 19.8. The molecule has 6 heteroatoms. The number of hydrogen-bond donors (Lipinski definition) is 2. The van der Waals surface area contributed by atoms with Crippen LogP contribution in [0.2, 0.25) is 0 Å². The molecule has 1 atom stereocenters. The zero-order valence-corrected chi connectivity index (χ0v) is 10.5. The largest absolute Gasteiger partial charge is 0.385 e. The lowest BCUT2D eigenvalue weighted by atomic mass is 10.2. The van der Waals surface area contributed by atoms with Gasteiger partial charge in [0, 0.05) is 33.9 Å². The molecule has 0 spiro atoms. The fourth-order valence-corrected chi connectivity index (χ4v) is 1.73. The Hall–Kier alpha value is -1.14. The molecule has 1 fully saturated rings. The minimum absolute atomic E-state index is 0.0668. The highest BCUT2D eigenvalue weighted by Crippen LogP contribution is 2.07. The summed E-state index contributed by atoms with van der Waals surface area (Å²) in [6.45, 7) is 2.19. The van der Waals surface area contributed by atoms with Crippen LogP contribution in [0.3, 0.4) is 0 Å². The first kappa shape index (κ1) is 13.9. The van der Waals surface area contributed by atoms with Crippen molar-refractivity contribution in [3.05, 3.63) is 0 Å². The fraction of sp³-hybridized carbons (Fsp3) is 0.818. The van der Waals surface area contributed by atoms with Gasteiger partial charge in [-0.3, -0.25) is 14.9 Å². The number of rotatable bonds is 7. The number of nitrogens with zero attached hydrogens (tertiary/aromatic N) is 1. The maximum absolute atomic E-state index is 11.5. The number of amides is 2. The van der Waals surface area contributed by atoms with E-state index in [2.05, 4.69) is 10.6 Å². The lowest BCUT2D eigenvalue weighted by Gasteiger charge is -2.12. The van der Waals surface area contributed by atoms with E-state index in [4.69, 9.17) is 4.74 Å². The van der Waals surface area contributed by atoms with Gasteiger partial charge >= 0.3 is 0 Å². The first-order valence-corrected chi connectivity index (χ1v) is 5.89. The highest BCUT2D eigenvalue weighted by atomic mass is 16.5. The third-order valence-electron chi connectivity index (χ3n) is 2.78. The minimum atomic E-state index is -0.204. The van der Waals surface area contributed by atoms with E-state index in [0.717, 1.165) is 19.4 Å². The van der Waals surface area contributed by atoms with Crippen molar-refractivity contribution < 1.29 is 14.3 Å². The van der Waals surface area contributed by atoms with Crippen LogP contribution in [0.25, 0.3) is 0 Å². The summed E-state index contributed by atoms with van der Waals surface area (Å²) in [6.07, 6.45) is 1.57. The average molecular weight is 243 g/mol. The smallest absolute Gasteiger partial charge is 0.239 e. The number of likely N-dealkylation sites (N-methyl/N-ethyl adjacent to an activating group) is 1. The number of hydrogen-bond acceptors (Lipinski definition) is 4. The summed E-state index contributed by atoms with van der Waals surface area (Å²) in [7, 11) is 3.40. The molecule has 1 saturated heterocycles. The Labute approximate surface area is 102 Å². The predicted octanol–water partition coefficient (Wildman–Crippen LogP) is -1.04. The monoisotopic (exact) mass is 243 g/mol. The van der Waals surface area contributed by atoms with Crippen molar-refractivity contribution in [2.24, 2.45) is 0 Å². The van der Waals surface area contributed by atoms with Crippen LogP contribution in [0.5, 0.6) is 0 Å². The number of nitrogens with one attached hydrogen (secondary N) is 2. The fourth-order valence-electron chi connectivity index (χ4n) is 1.73. The van der Waals surface area contributed by atoms with Gasteiger partial charge in [-0.15, -0.1) is 0 Å². The second-order valence-corrected chi connectivity index (χ2v) is 4.18. The molecule has 0 aliphatic carbocycles. The number of likely N-dealkylation sites (tertiary alicyclic amines) is 1. The van der Waals surface area contributed by atoms with E-state index in [9.17, 15) is 9.59 Å². The van der Waals surface area contributed by atoms with Crippen molar-refractivity contribution in [1.29, 1.82) is 0 Å². The van der Waals surface area contributed by atoms with Gasteiger partial charge in [-0.25, -0.2) is 0 Å². The maximum Gasteiger partial charge on any atom is 0.239 e. The van der Waals surface area contributed by atoms with E-state index in [1.165, 1.54) is 0 Å². The van der Waals surface area contributed by atoms with Crippen molar-refractivity contribution >= 4 is 11.8 Å². The summed E-state index contributed by atoms with van der Waals surface area (Å²) in [5, 5.41) is 5.73. The molecule has 1 heterocycles. The molecule has 0 saturated carbocycles. The van der Waals surface area contributed by atoms with E-state index < -0.39 is 0 Å². The zero-order chi connectivity index (χ0) is 12.7. The SMILES string of the molecule is COCCCNC(=O)CNC1CCN(C)C1=O. The van der Waals surface area contributed by atoms with Gasteiger partial charge in [-0.1, -0.05) is 0 Å². The Morgan fingerprint density at radius 1 is 1.59 bits per heavy atom. The third-order valence-corrected chi connectivity index (χ3v) is 2.78. The first-order chi connectivity index (χ1) is 8.15. The Morgan fingerprint density at radius 3 is 2.94 bits per heavy atom. The van der Waals surface area contributed by atoms with Crippen molar-refractivity contribution in [2.75, 3.05) is 40.4 Å².